The Bertz CT molecular complexity index is 889. The van der Waals surface area contributed by atoms with Gasteiger partial charge in [-0.3, -0.25) is 0 Å². The molecule has 8 heteroatoms. The summed E-state index contributed by atoms with van der Waals surface area (Å²) < 4.78 is 45.0. The van der Waals surface area contributed by atoms with Gasteiger partial charge in [0, 0.05) is 5.69 Å². The molecule has 5 nitrogen and oxygen atoms in total. The third kappa shape index (κ3) is 3.60. The molecule has 0 radical (unpaired) electrons. The number of hydrogen-bond acceptors (Lipinski definition) is 5. The van der Waals surface area contributed by atoms with E-state index in [0.717, 1.165) is 12.1 Å². The van der Waals surface area contributed by atoms with Gasteiger partial charge in [-0.15, -0.1) is 13.2 Å². The molecule has 0 spiro atoms. The molecule has 0 unspecified atom stereocenters. The van der Waals surface area contributed by atoms with E-state index >= 15 is 0 Å². The molecule has 3 rings (SSSR count). The number of alkyl halides is 3. The van der Waals surface area contributed by atoms with Crippen molar-refractivity contribution in [1.82, 2.24) is 4.98 Å². The Morgan fingerprint density at radius 3 is 2.43 bits per heavy atom. The van der Waals surface area contributed by atoms with Gasteiger partial charge in [0.1, 0.15) is 5.75 Å². The molecule has 2 aromatic carbocycles. The minimum absolute atomic E-state index is 0.0572. The van der Waals surface area contributed by atoms with Crippen LogP contribution in [-0.2, 0) is 0 Å². The second kappa shape index (κ2) is 5.64. The molecular weight excluding hydrogens is 313 g/mol. The maximum Gasteiger partial charge on any atom is 0.573 e. The number of fused-ring (bicyclic) bond motifs is 1. The van der Waals surface area contributed by atoms with Crippen molar-refractivity contribution in [2.45, 2.75) is 6.36 Å². The summed E-state index contributed by atoms with van der Waals surface area (Å²) in [6.07, 6.45) is -4.75. The number of halogens is 3. The summed E-state index contributed by atoms with van der Waals surface area (Å²) in [5.74, 6) is -0.351. The highest BCUT2D eigenvalue weighted by Crippen LogP contribution is 2.25. The molecule has 1 heterocycles. The van der Waals surface area contributed by atoms with Crippen LogP contribution in [0.25, 0.3) is 10.9 Å². The molecule has 0 saturated heterocycles. The second-order valence-electron chi connectivity index (χ2n) is 4.52. The molecule has 0 atom stereocenters. The van der Waals surface area contributed by atoms with Crippen LogP contribution in [0, 0.1) is 0 Å². The summed E-state index contributed by atoms with van der Waals surface area (Å²) in [7, 11) is 0. The van der Waals surface area contributed by atoms with Crippen molar-refractivity contribution >= 4 is 22.6 Å². The van der Waals surface area contributed by atoms with Crippen LogP contribution in [-0.4, -0.2) is 11.3 Å². The van der Waals surface area contributed by atoms with Crippen LogP contribution in [0.3, 0.4) is 0 Å². The van der Waals surface area contributed by atoms with E-state index in [0.29, 0.717) is 16.6 Å². The molecule has 0 aliphatic rings. The van der Waals surface area contributed by atoms with Crippen molar-refractivity contribution in [3.8, 4) is 5.75 Å². The topological polar surface area (TPSA) is 64.4 Å². The number of aromatic nitrogens is 1. The van der Waals surface area contributed by atoms with Gasteiger partial charge in [0.15, 0.2) is 0 Å². The predicted octanol–water partition coefficient (Wildman–Crippen LogP) is 3.83. The largest absolute Gasteiger partial charge is 0.573 e. The van der Waals surface area contributed by atoms with Crippen LogP contribution in [0.1, 0.15) is 0 Å². The van der Waals surface area contributed by atoms with Crippen LogP contribution in [0.2, 0.25) is 0 Å². The number of para-hydroxylation sites is 1. The van der Waals surface area contributed by atoms with Gasteiger partial charge in [-0.2, -0.15) is 4.98 Å². The quantitative estimate of drug-likeness (QED) is 0.794. The van der Waals surface area contributed by atoms with Crippen molar-refractivity contribution in [3.05, 3.63) is 59.0 Å². The fourth-order valence-electron chi connectivity index (χ4n) is 1.94. The van der Waals surface area contributed by atoms with E-state index in [1.54, 1.807) is 24.3 Å². The molecule has 1 N–H and O–H groups in total. The Balaban J connectivity index is 1.83. The predicted molar refractivity (Wildman–Crippen MR) is 76.7 cm³/mol. The average Bonchev–Trinajstić information content (AvgIpc) is 2.48. The SMILES string of the molecule is O=c1oc(Nc2ccc(OC(F)(F)F)cc2)nc2ccccc12. The maximum absolute atomic E-state index is 12.1. The number of ether oxygens (including phenoxy) is 1. The first-order valence-electron chi connectivity index (χ1n) is 6.43. The van der Waals surface area contributed by atoms with E-state index in [1.165, 1.54) is 12.1 Å². The maximum atomic E-state index is 12.1. The number of benzene rings is 2. The number of hydrogen-bond donors (Lipinski definition) is 1. The Morgan fingerprint density at radius 1 is 1.04 bits per heavy atom. The van der Waals surface area contributed by atoms with Gasteiger partial charge in [-0.05, 0) is 36.4 Å². The Labute approximate surface area is 127 Å². The van der Waals surface area contributed by atoms with Gasteiger partial charge in [-0.25, -0.2) is 4.79 Å². The van der Waals surface area contributed by atoms with Crippen molar-refractivity contribution in [3.63, 3.8) is 0 Å². The molecule has 0 fully saturated rings. The van der Waals surface area contributed by atoms with Crippen molar-refractivity contribution in [1.29, 1.82) is 0 Å². The second-order valence-corrected chi connectivity index (χ2v) is 4.52. The Morgan fingerprint density at radius 2 is 1.74 bits per heavy atom. The number of rotatable bonds is 3. The van der Waals surface area contributed by atoms with E-state index in [2.05, 4.69) is 15.0 Å². The third-order valence-corrected chi connectivity index (χ3v) is 2.87. The minimum atomic E-state index is -4.75. The fraction of sp³-hybridized carbons (Fsp3) is 0.0667. The van der Waals surface area contributed by atoms with Gasteiger partial charge < -0.3 is 14.5 Å². The number of anilines is 2. The third-order valence-electron chi connectivity index (χ3n) is 2.87. The van der Waals surface area contributed by atoms with Crippen molar-refractivity contribution < 1.29 is 22.3 Å². The van der Waals surface area contributed by atoms with Gasteiger partial charge in [0.05, 0.1) is 10.9 Å². The average molecular weight is 322 g/mol. The summed E-state index contributed by atoms with van der Waals surface area (Å²) in [4.78, 5) is 15.9. The number of nitrogens with one attached hydrogen (secondary N) is 1. The Kier molecular flexibility index (Phi) is 3.65. The summed E-state index contributed by atoms with van der Waals surface area (Å²) in [6, 6.07) is 11.5. The zero-order valence-electron chi connectivity index (χ0n) is 11.4. The zero-order chi connectivity index (χ0) is 16.4. The first kappa shape index (κ1) is 14.9. The van der Waals surface area contributed by atoms with Gasteiger partial charge in [0.2, 0.25) is 0 Å². The monoisotopic (exact) mass is 322 g/mol. The summed E-state index contributed by atoms with van der Waals surface area (Å²) >= 11 is 0. The molecule has 3 aromatic rings. The molecule has 0 bridgehead atoms. The first-order valence-corrected chi connectivity index (χ1v) is 6.43. The molecule has 0 saturated carbocycles. The lowest BCUT2D eigenvalue weighted by atomic mass is 10.2. The highest BCUT2D eigenvalue weighted by Gasteiger charge is 2.30. The summed E-state index contributed by atoms with van der Waals surface area (Å²) in [6.45, 7) is 0. The molecular formula is C15H9F3N2O3. The van der Waals surface area contributed by atoms with Crippen LogP contribution >= 0.6 is 0 Å². The van der Waals surface area contributed by atoms with E-state index < -0.39 is 12.0 Å². The van der Waals surface area contributed by atoms with Crippen LogP contribution in [0.15, 0.2) is 57.7 Å². The molecule has 0 amide bonds. The smallest absolute Gasteiger partial charge is 0.406 e. The van der Waals surface area contributed by atoms with Crippen LogP contribution in [0.4, 0.5) is 24.9 Å². The minimum Gasteiger partial charge on any atom is -0.406 e. The fourth-order valence-corrected chi connectivity index (χ4v) is 1.94. The first-order chi connectivity index (χ1) is 10.9. The molecule has 0 aliphatic heterocycles. The lowest BCUT2D eigenvalue weighted by molar-refractivity contribution is -0.274. The lowest BCUT2D eigenvalue weighted by Crippen LogP contribution is -2.17. The lowest BCUT2D eigenvalue weighted by Gasteiger charge is -2.09. The molecule has 0 aliphatic carbocycles. The van der Waals surface area contributed by atoms with Gasteiger partial charge in [0.25, 0.3) is 0 Å². The zero-order valence-corrected chi connectivity index (χ0v) is 11.4. The van der Waals surface area contributed by atoms with Crippen molar-refractivity contribution in [2.75, 3.05) is 5.32 Å². The molecule has 1 aromatic heterocycles. The van der Waals surface area contributed by atoms with E-state index in [1.807, 2.05) is 0 Å². The summed E-state index contributed by atoms with van der Waals surface area (Å²) in [5, 5.41) is 3.05. The standard InChI is InChI=1S/C15H9F3N2O3/c16-15(17,18)23-10-7-5-9(6-8-10)19-14-20-12-4-2-1-3-11(12)13(21)22-14/h1-8H,(H,19,20). The van der Waals surface area contributed by atoms with E-state index in [-0.39, 0.29) is 11.8 Å². The molecule has 23 heavy (non-hydrogen) atoms. The normalized spacial score (nSPS) is 11.4. The molecule has 118 valence electrons. The van der Waals surface area contributed by atoms with Gasteiger partial charge >= 0.3 is 18.0 Å². The Hall–Kier alpha value is -3.03. The van der Waals surface area contributed by atoms with E-state index in [9.17, 15) is 18.0 Å². The van der Waals surface area contributed by atoms with E-state index in [4.69, 9.17) is 4.42 Å². The van der Waals surface area contributed by atoms with Gasteiger partial charge in [-0.1, -0.05) is 12.1 Å². The highest BCUT2D eigenvalue weighted by molar-refractivity contribution is 5.77. The van der Waals surface area contributed by atoms with Crippen LogP contribution < -0.4 is 15.7 Å². The van der Waals surface area contributed by atoms with Crippen LogP contribution in [0.5, 0.6) is 5.75 Å². The summed E-state index contributed by atoms with van der Waals surface area (Å²) in [5.41, 5.74) is 0.281. The highest BCUT2D eigenvalue weighted by atomic mass is 19.4. The number of nitrogens with zero attached hydrogens (tertiary/aromatic N) is 1. The van der Waals surface area contributed by atoms with Crippen molar-refractivity contribution in [2.24, 2.45) is 0 Å².